The van der Waals surface area contributed by atoms with Crippen LogP contribution in [0, 0.1) is 11.6 Å². The Kier molecular flexibility index (Phi) is 5.89. The van der Waals surface area contributed by atoms with Crippen LogP contribution in [0.25, 0.3) is 0 Å². The lowest BCUT2D eigenvalue weighted by Gasteiger charge is -2.33. The molecule has 0 radical (unpaired) electrons. The minimum absolute atomic E-state index is 0.0912. The summed E-state index contributed by atoms with van der Waals surface area (Å²) in [5.74, 6) is -2.43. The highest BCUT2D eigenvalue weighted by molar-refractivity contribution is 7.90. The fraction of sp³-hybridized carbons (Fsp3) is 0.364. The molecule has 0 atom stereocenters. The summed E-state index contributed by atoms with van der Waals surface area (Å²) in [6, 6.07) is 7.46. The van der Waals surface area contributed by atoms with Crippen molar-refractivity contribution in [1.29, 1.82) is 0 Å². The number of rotatable bonds is 3. The first-order chi connectivity index (χ1) is 15.1. The molecule has 0 aliphatic carbocycles. The van der Waals surface area contributed by atoms with Crippen molar-refractivity contribution in [2.75, 3.05) is 30.8 Å². The van der Waals surface area contributed by atoms with Gasteiger partial charge >= 0.3 is 6.03 Å². The van der Waals surface area contributed by atoms with Gasteiger partial charge in [0.2, 0.25) is 0 Å². The average Bonchev–Trinajstić information content (AvgIpc) is 3.18. The van der Waals surface area contributed by atoms with Gasteiger partial charge in [0.25, 0.3) is 5.91 Å². The Balaban J connectivity index is 1.35. The quantitative estimate of drug-likeness (QED) is 0.759. The number of nitrogens with one attached hydrogen (secondary N) is 1. The largest absolute Gasteiger partial charge is 0.338 e. The fourth-order valence-electron chi connectivity index (χ4n) is 4.11. The number of carbonyl (C=O) groups excluding carboxylic acids is 2. The Hall–Kier alpha value is -3.01. The number of hydrogen-bond acceptors (Lipinski definition) is 4. The van der Waals surface area contributed by atoms with E-state index in [2.05, 4.69) is 5.32 Å². The van der Waals surface area contributed by atoms with Crippen LogP contribution in [-0.2, 0) is 16.3 Å². The summed E-state index contributed by atoms with van der Waals surface area (Å²) in [5, 5.41) is 2.98. The van der Waals surface area contributed by atoms with Crippen LogP contribution in [0.2, 0.25) is 0 Å². The van der Waals surface area contributed by atoms with Crippen molar-refractivity contribution in [2.45, 2.75) is 30.2 Å². The maximum absolute atomic E-state index is 13.4. The molecule has 0 unspecified atom stereocenters. The van der Waals surface area contributed by atoms with Crippen LogP contribution < -0.4 is 10.2 Å². The van der Waals surface area contributed by atoms with Gasteiger partial charge in [0.15, 0.2) is 21.5 Å². The average molecular weight is 464 g/mol. The number of benzene rings is 2. The number of urea groups is 1. The SMILES string of the molecule is CS(=O)(=O)c1ccc2c(c1)CCN2C(=O)NC1CCN(C(=O)c2ccc(F)c(F)c2)CC1. The number of fused-ring (bicyclic) bond motifs is 1. The van der Waals surface area contributed by atoms with Crippen LogP contribution in [-0.4, -0.2) is 57.2 Å². The predicted octanol–water partition coefficient (Wildman–Crippen LogP) is 2.75. The van der Waals surface area contributed by atoms with Gasteiger partial charge in [-0.25, -0.2) is 22.0 Å². The Morgan fingerprint density at radius 3 is 2.38 bits per heavy atom. The number of nitrogens with zero attached hydrogens (tertiary/aromatic N) is 2. The van der Waals surface area contributed by atoms with E-state index in [0.29, 0.717) is 44.6 Å². The lowest BCUT2D eigenvalue weighted by molar-refractivity contribution is 0.0708. The molecule has 2 heterocycles. The minimum Gasteiger partial charge on any atom is -0.338 e. The van der Waals surface area contributed by atoms with Gasteiger partial charge in [-0.1, -0.05) is 0 Å². The molecule has 1 fully saturated rings. The smallest absolute Gasteiger partial charge is 0.322 e. The van der Waals surface area contributed by atoms with E-state index in [0.717, 1.165) is 24.0 Å². The maximum atomic E-state index is 13.4. The van der Waals surface area contributed by atoms with Crippen LogP contribution in [0.5, 0.6) is 0 Å². The fourth-order valence-corrected chi connectivity index (χ4v) is 4.78. The molecule has 7 nitrogen and oxygen atoms in total. The molecule has 10 heteroatoms. The minimum atomic E-state index is -3.31. The third kappa shape index (κ3) is 4.45. The zero-order chi connectivity index (χ0) is 23.0. The summed E-state index contributed by atoms with van der Waals surface area (Å²) in [5.41, 5.74) is 1.60. The molecule has 2 aromatic carbocycles. The van der Waals surface area contributed by atoms with Crippen LogP contribution in [0.1, 0.15) is 28.8 Å². The van der Waals surface area contributed by atoms with Crippen molar-refractivity contribution < 1.29 is 26.8 Å². The maximum Gasteiger partial charge on any atom is 0.322 e. The highest BCUT2D eigenvalue weighted by Gasteiger charge is 2.30. The van der Waals surface area contributed by atoms with Crippen LogP contribution in [0.4, 0.5) is 19.3 Å². The van der Waals surface area contributed by atoms with Crippen LogP contribution in [0.3, 0.4) is 0 Å². The van der Waals surface area contributed by atoms with Crippen molar-refractivity contribution >= 4 is 27.5 Å². The van der Waals surface area contributed by atoms with E-state index < -0.39 is 21.5 Å². The van der Waals surface area contributed by atoms with Crippen molar-refractivity contribution in [2.24, 2.45) is 0 Å². The highest BCUT2D eigenvalue weighted by atomic mass is 32.2. The number of sulfone groups is 1. The van der Waals surface area contributed by atoms with Gasteiger partial charge in [-0.3, -0.25) is 9.69 Å². The summed E-state index contributed by atoms with van der Waals surface area (Å²) >= 11 is 0. The third-order valence-electron chi connectivity index (χ3n) is 5.90. The molecule has 1 saturated heterocycles. The normalized spacial score (nSPS) is 16.7. The molecule has 0 spiro atoms. The summed E-state index contributed by atoms with van der Waals surface area (Å²) in [6.07, 6.45) is 2.80. The predicted molar refractivity (Wildman–Crippen MR) is 114 cm³/mol. The molecule has 0 bridgehead atoms. The second-order valence-electron chi connectivity index (χ2n) is 8.11. The standard InChI is InChI=1S/C22H23F2N3O4S/c1-32(30,31)17-3-5-20-14(12-17)6-11-27(20)22(29)25-16-7-9-26(10-8-16)21(28)15-2-4-18(23)19(24)13-15/h2-5,12-13,16H,6-11H2,1H3,(H,25,29). The van der Waals surface area contributed by atoms with Gasteiger partial charge < -0.3 is 10.2 Å². The van der Waals surface area contributed by atoms with Crippen molar-refractivity contribution in [3.63, 3.8) is 0 Å². The molecular formula is C22H23F2N3O4S. The third-order valence-corrected chi connectivity index (χ3v) is 7.01. The molecule has 3 amide bonds. The first-order valence-corrected chi connectivity index (χ1v) is 12.2. The Bertz CT molecular complexity index is 1180. The van der Waals surface area contributed by atoms with Crippen LogP contribution >= 0.6 is 0 Å². The Morgan fingerprint density at radius 2 is 1.72 bits per heavy atom. The van der Waals surface area contributed by atoms with Gasteiger partial charge in [0, 0.05) is 43.2 Å². The number of piperidine rings is 1. The molecular weight excluding hydrogens is 440 g/mol. The van der Waals surface area contributed by atoms with Crippen molar-refractivity contribution in [3.05, 3.63) is 59.2 Å². The Labute approximate surface area is 184 Å². The van der Waals surface area contributed by atoms with Gasteiger partial charge in [-0.15, -0.1) is 0 Å². The first-order valence-electron chi connectivity index (χ1n) is 10.3. The van der Waals surface area contributed by atoms with E-state index in [-0.39, 0.29) is 28.4 Å². The van der Waals surface area contributed by atoms with Crippen molar-refractivity contribution in [1.82, 2.24) is 10.2 Å². The molecule has 32 heavy (non-hydrogen) atoms. The lowest BCUT2D eigenvalue weighted by atomic mass is 10.0. The molecule has 4 rings (SSSR count). The number of carbonyl (C=O) groups is 2. The highest BCUT2D eigenvalue weighted by Crippen LogP contribution is 2.30. The van der Waals surface area contributed by atoms with Gasteiger partial charge in [-0.05, 0) is 61.2 Å². The number of likely N-dealkylation sites (tertiary alicyclic amines) is 1. The zero-order valence-electron chi connectivity index (χ0n) is 17.5. The summed E-state index contributed by atoms with van der Waals surface area (Å²) in [4.78, 5) is 28.7. The summed E-state index contributed by atoms with van der Waals surface area (Å²) in [7, 11) is -3.31. The lowest BCUT2D eigenvalue weighted by Crippen LogP contribution is -2.50. The molecule has 2 aliphatic heterocycles. The molecule has 2 aliphatic rings. The summed E-state index contributed by atoms with van der Waals surface area (Å²) < 4.78 is 50.0. The number of anilines is 1. The van der Waals surface area contributed by atoms with Gasteiger partial charge in [-0.2, -0.15) is 0 Å². The van der Waals surface area contributed by atoms with E-state index in [1.54, 1.807) is 21.9 Å². The van der Waals surface area contributed by atoms with Crippen molar-refractivity contribution in [3.8, 4) is 0 Å². The monoisotopic (exact) mass is 463 g/mol. The first kappa shape index (κ1) is 22.2. The number of halogens is 2. The van der Waals surface area contributed by atoms with Gasteiger partial charge in [0.1, 0.15) is 0 Å². The second kappa shape index (κ2) is 8.50. The van der Waals surface area contributed by atoms with Crippen LogP contribution in [0.15, 0.2) is 41.3 Å². The number of hydrogen-bond donors (Lipinski definition) is 1. The van der Waals surface area contributed by atoms with Gasteiger partial charge in [0.05, 0.1) is 4.90 Å². The molecule has 0 aromatic heterocycles. The topological polar surface area (TPSA) is 86.8 Å². The number of amides is 3. The second-order valence-corrected chi connectivity index (χ2v) is 10.1. The van der Waals surface area contributed by atoms with E-state index in [9.17, 15) is 26.8 Å². The van der Waals surface area contributed by atoms with E-state index in [4.69, 9.17) is 0 Å². The van der Waals surface area contributed by atoms with E-state index in [1.807, 2.05) is 0 Å². The molecule has 170 valence electrons. The van der Waals surface area contributed by atoms with E-state index >= 15 is 0 Å². The molecule has 1 N–H and O–H groups in total. The Morgan fingerprint density at radius 1 is 1.00 bits per heavy atom. The summed E-state index contributed by atoms with van der Waals surface area (Å²) in [6.45, 7) is 1.23. The molecule has 2 aromatic rings. The van der Waals surface area contributed by atoms with E-state index in [1.165, 1.54) is 12.1 Å². The molecule has 0 saturated carbocycles. The zero-order valence-corrected chi connectivity index (χ0v) is 18.3.